The van der Waals surface area contributed by atoms with Crippen molar-refractivity contribution in [2.45, 2.75) is 24.9 Å². The molecule has 0 aliphatic carbocycles. The van der Waals surface area contributed by atoms with Crippen LogP contribution in [0.5, 0.6) is 0 Å². The second-order valence-electron chi connectivity index (χ2n) is 4.64. The zero-order valence-electron chi connectivity index (χ0n) is 9.57. The number of hydrogen-bond donors (Lipinski definition) is 2. The molecule has 0 atom stereocenters. The van der Waals surface area contributed by atoms with Gasteiger partial charge in [-0.15, -0.1) is 0 Å². The lowest BCUT2D eigenvalue weighted by Gasteiger charge is -2.35. The highest BCUT2D eigenvalue weighted by Crippen LogP contribution is 2.23. The van der Waals surface area contributed by atoms with Crippen molar-refractivity contribution in [1.82, 2.24) is 10.2 Å². The van der Waals surface area contributed by atoms with E-state index in [9.17, 15) is 9.90 Å². The van der Waals surface area contributed by atoms with Gasteiger partial charge in [0.2, 0.25) is 5.91 Å². The summed E-state index contributed by atoms with van der Waals surface area (Å²) < 4.78 is 5.20. The van der Waals surface area contributed by atoms with Crippen molar-refractivity contribution in [3.8, 4) is 0 Å². The van der Waals surface area contributed by atoms with Crippen molar-refractivity contribution >= 4 is 5.91 Å². The third-order valence-electron chi connectivity index (χ3n) is 3.38. The van der Waals surface area contributed by atoms with Crippen molar-refractivity contribution in [1.29, 1.82) is 0 Å². The molecule has 2 aliphatic rings. The third-order valence-corrected chi connectivity index (χ3v) is 3.38. The summed E-state index contributed by atoms with van der Waals surface area (Å²) in [6, 6.07) is 0. The van der Waals surface area contributed by atoms with Crippen LogP contribution < -0.4 is 5.32 Å². The number of rotatable bonds is 2. The Kier molecular flexibility index (Phi) is 3.78. The van der Waals surface area contributed by atoms with Crippen molar-refractivity contribution in [3.63, 3.8) is 0 Å². The Hall–Kier alpha value is -0.650. The molecule has 2 aliphatic heterocycles. The van der Waals surface area contributed by atoms with Crippen molar-refractivity contribution in [3.05, 3.63) is 0 Å². The van der Waals surface area contributed by atoms with E-state index >= 15 is 0 Å². The second kappa shape index (κ2) is 5.12. The largest absolute Gasteiger partial charge is 0.389 e. The van der Waals surface area contributed by atoms with E-state index in [4.69, 9.17) is 4.74 Å². The second-order valence-corrected chi connectivity index (χ2v) is 4.64. The third kappa shape index (κ3) is 2.93. The van der Waals surface area contributed by atoms with E-state index in [1.807, 2.05) is 0 Å². The van der Waals surface area contributed by atoms with Gasteiger partial charge >= 0.3 is 0 Å². The molecule has 5 nitrogen and oxygen atoms in total. The van der Waals surface area contributed by atoms with Gasteiger partial charge in [-0.25, -0.2) is 0 Å². The lowest BCUT2D eigenvalue weighted by Crippen LogP contribution is -2.48. The molecule has 92 valence electrons. The molecule has 2 N–H and O–H groups in total. The molecule has 0 spiro atoms. The minimum absolute atomic E-state index is 0.0627. The first-order valence-corrected chi connectivity index (χ1v) is 5.98. The SMILES string of the molecule is O=C(CC1(O)CCNCC1)N1CCOCC1. The van der Waals surface area contributed by atoms with Gasteiger partial charge in [-0.05, 0) is 25.9 Å². The van der Waals surface area contributed by atoms with Crippen LogP contribution in [0, 0.1) is 0 Å². The topological polar surface area (TPSA) is 61.8 Å². The summed E-state index contributed by atoms with van der Waals surface area (Å²) in [7, 11) is 0. The van der Waals surface area contributed by atoms with Gasteiger partial charge in [0.15, 0.2) is 0 Å². The quantitative estimate of drug-likeness (QED) is 0.659. The van der Waals surface area contributed by atoms with Gasteiger partial charge < -0.3 is 20.1 Å². The van der Waals surface area contributed by atoms with E-state index < -0.39 is 5.60 Å². The number of aliphatic hydroxyl groups is 1. The fraction of sp³-hybridized carbons (Fsp3) is 0.909. The van der Waals surface area contributed by atoms with Crippen LogP contribution in [0.15, 0.2) is 0 Å². The maximum atomic E-state index is 12.0. The van der Waals surface area contributed by atoms with Gasteiger partial charge in [-0.2, -0.15) is 0 Å². The number of carbonyl (C=O) groups excluding carboxylic acids is 1. The molecule has 2 fully saturated rings. The number of piperidine rings is 1. The smallest absolute Gasteiger partial charge is 0.225 e. The van der Waals surface area contributed by atoms with E-state index in [2.05, 4.69) is 5.32 Å². The standard InChI is InChI=1S/C11H20N2O3/c14-10(13-5-7-16-8-6-13)9-11(15)1-3-12-4-2-11/h12,15H,1-9H2. The number of nitrogens with one attached hydrogen (secondary N) is 1. The van der Waals surface area contributed by atoms with Crippen LogP contribution in [0.2, 0.25) is 0 Å². The lowest BCUT2D eigenvalue weighted by atomic mass is 9.88. The minimum Gasteiger partial charge on any atom is -0.389 e. The van der Waals surface area contributed by atoms with Crippen LogP contribution in [0.3, 0.4) is 0 Å². The molecule has 2 saturated heterocycles. The molecule has 1 amide bonds. The van der Waals surface area contributed by atoms with Crippen LogP contribution in [-0.4, -0.2) is 60.9 Å². The Morgan fingerprint density at radius 3 is 2.56 bits per heavy atom. The Morgan fingerprint density at radius 1 is 1.31 bits per heavy atom. The average molecular weight is 228 g/mol. The van der Waals surface area contributed by atoms with E-state index in [-0.39, 0.29) is 12.3 Å². The first-order valence-electron chi connectivity index (χ1n) is 5.98. The number of morpholine rings is 1. The summed E-state index contributed by atoms with van der Waals surface area (Å²) in [5.74, 6) is 0.0627. The molecule has 2 rings (SSSR count). The molecular formula is C11H20N2O3. The predicted molar refractivity (Wildman–Crippen MR) is 59.1 cm³/mol. The minimum atomic E-state index is -0.791. The highest BCUT2D eigenvalue weighted by atomic mass is 16.5. The van der Waals surface area contributed by atoms with Gasteiger partial charge in [0.05, 0.1) is 25.2 Å². The molecule has 0 aromatic carbocycles. The van der Waals surface area contributed by atoms with Crippen LogP contribution in [0.4, 0.5) is 0 Å². The maximum Gasteiger partial charge on any atom is 0.225 e. The van der Waals surface area contributed by atoms with Crippen molar-refractivity contribution in [2.24, 2.45) is 0 Å². The van der Waals surface area contributed by atoms with Gasteiger partial charge in [0, 0.05) is 13.1 Å². The summed E-state index contributed by atoms with van der Waals surface area (Å²) in [5, 5.41) is 13.4. The van der Waals surface area contributed by atoms with E-state index in [0.717, 1.165) is 13.1 Å². The number of carbonyl (C=O) groups is 1. The van der Waals surface area contributed by atoms with Crippen molar-refractivity contribution < 1.29 is 14.6 Å². The lowest BCUT2D eigenvalue weighted by molar-refractivity contribution is -0.141. The summed E-state index contributed by atoms with van der Waals surface area (Å²) in [6.07, 6.45) is 1.60. The highest BCUT2D eigenvalue weighted by molar-refractivity contribution is 5.77. The fourth-order valence-electron chi connectivity index (χ4n) is 2.27. The Labute approximate surface area is 95.8 Å². The molecule has 0 bridgehead atoms. The average Bonchev–Trinajstić information content (AvgIpc) is 2.30. The summed E-state index contributed by atoms with van der Waals surface area (Å²) in [5.41, 5.74) is -0.791. The van der Waals surface area contributed by atoms with Crippen LogP contribution in [0.1, 0.15) is 19.3 Å². The first-order chi connectivity index (χ1) is 7.70. The summed E-state index contributed by atoms with van der Waals surface area (Å²) in [6.45, 7) is 4.15. The molecule has 0 radical (unpaired) electrons. The van der Waals surface area contributed by atoms with Crippen LogP contribution in [-0.2, 0) is 9.53 Å². The Balaban J connectivity index is 1.85. The van der Waals surface area contributed by atoms with Crippen molar-refractivity contribution in [2.75, 3.05) is 39.4 Å². The van der Waals surface area contributed by atoms with E-state index in [0.29, 0.717) is 39.1 Å². The monoisotopic (exact) mass is 228 g/mol. The fourth-order valence-corrected chi connectivity index (χ4v) is 2.27. The molecule has 0 unspecified atom stereocenters. The molecule has 16 heavy (non-hydrogen) atoms. The van der Waals surface area contributed by atoms with E-state index in [1.165, 1.54) is 0 Å². The summed E-state index contributed by atoms with van der Waals surface area (Å²) >= 11 is 0. The predicted octanol–water partition coefficient (Wildman–Crippen LogP) is -0.650. The highest BCUT2D eigenvalue weighted by Gasteiger charge is 2.33. The molecule has 0 aromatic heterocycles. The number of hydrogen-bond acceptors (Lipinski definition) is 4. The molecule has 2 heterocycles. The number of amides is 1. The first kappa shape index (κ1) is 11.8. The maximum absolute atomic E-state index is 12.0. The Bertz CT molecular complexity index is 246. The number of nitrogens with zero attached hydrogens (tertiary/aromatic N) is 1. The number of ether oxygens (including phenoxy) is 1. The zero-order valence-corrected chi connectivity index (χ0v) is 9.57. The summed E-state index contributed by atoms with van der Waals surface area (Å²) in [4.78, 5) is 13.8. The Morgan fingerprint density at radius 2 is 1.94 bits per heavy atom. The molecule has 0 saturated carbocycles. The van der Waals surface area contributed by atoms with Gasteiger partial charge in [-0.1, -0.05) is 0 Å². The van der Waals surface area contributed by atoms with Gasteiger partial charge in [0.25, 0.3) is 0 Å². The van der Waals surface area contributed by atoms with Crippen LogP contribution >= 0.6 is 0 Å². The van der Waals surface area contributed by atoms with Gasteiger partial charge in [-0.3, -0.25) is 4.79 Å². The molecular weight excluding hydrogens is 208 g/mol. The van der Waals surface area contributed by atoms with E-state index in [1.54, 1.807) is 4.90 Å². The zero-order chi connectivity index (χ0) is 11.4. The van der Waals surface area contributed by atoms with Gasteiger partial charge in [0.1, 0.15) is 0 Å². The molecule has 0 aromatic rings. The van der Waals surface area contributed by atoms with Crippen LogP contribution in [0.25, 0.3) is 0 Å². The normalized spacial score (nSPS) is 25.4. The molecule has 5 heteroatoms.